The zero-order valence-electron chi connectivity index (χ0n) is 10.5. The first-order valence-electron chi connectivity index (χ1n) is 7.27. The summed E-state index contributed by atoms with van der Waals surface area (Å²) in [7, 11) is 0. The number of hydrogen-bond donors (Lipinski definition) is 0. The van der Waals surface area contributed by atoms with Crippen LogP contribution in [-0.4, -0.2) is 0 Å². The summed E-state index contributed by atoms with van der Waals surface area (Å²) in [5.74, 6) is 1.94. The van der Waals surface area contributed by atoms with Gasteiger partial charge in [0, 0.05) is 0 Å². The van der Waals surface area contributed by atoms with Gasteiger partial charge in [0.1, 0.15) is 0 Å². The Kier molecular flexibility index (Phi) is 5.18. The molecule has 0 nitrogen and oxygen atoms in total. The molecule has 2 rings (SSSR count). The van der Waals surface area contributed by atoms with Gasteiger partial charge in [0.2, 0.25) is 0 Å². The van der Waals surface area contributed by atoms with Gasteiger partial charge in [0.05, 0.1) is 0 Å². The second-order valence-corrected chi connectivity index (χ2v) is 5.50. The van der Waals surface area contributed by atoms with E-state index in [0.29, 0.717) is 0 Å². The van der Waals surface area contributed by atoms with Crippen LogP contribution in [0.15, 0.2) is 24.3 Å². The Morgan fingerprint density at radius 2 is 1.06 bits per heavy atom. The predicted molar refractivity (Wildman–Crippen MR) is 71.4 cm³/mol. The van der Waals surface area contributed by atoms with Gasteiger partial charge in [-0.05, 0) is 63.2 Å². The summed E-state index contributed by atoms with van der Waals surface area (Å²) in [5.41, 5.74) is 0. The number of rotatable bonds is 1. The summed E-state index contributed by atoms with van der Waals surface area (Å²) < 4.78 is 0. The van der Waals surface area contributed by atoms with Crippen LogP contribution in [-0.2, 0) is 0 Å². The zero-order valence-corrected chi connectivity index (χ0v) is 10.5. The maximum absolute atomic E-state index is 2.45. The van der Waals surface area contributed by atoms with E-state index >= 15 is 0 Å². The van der Waals surface area contributed by atoms with Gasteiger partial charge in [-0.3, -0.25) is 0 Å². The summed E-state index contributed by atoms with van der Waals surface area (Å²) in [6, 6.07) is 0. The molecule has 0 radical (unpaired) electrons. The summed E-state index contributed by atoms with van der Waals surface area (Å²) in [4.78, 5) is 0. The number of hydrogen-bond acceptors (Lipinski definition) is 0. The second kappa shape index (κ2) is 6.93. The minimum Gasteiger partial charge on any atom is -0.0885 e. The average molecular weight is 218 g/mol. The molecule has 0 N–H and O–H groups in total. The fourth-order valence-electron chi connectivity index (χ4n) is 3.21. The topological polar surface area (TPSA) is 0 Å². The molecular weight excluding hydrogens is 192 g/mol. The smallest absolute Gasteiger partial charge is 0.0319 e. The van der Waals surface area contributed by atoms with Crippen molar-refractivity contribution in [2.75, 3.05) is 0 Å². The molecule has 0 aromatic rings. The van der Waals surface area contributed by atoms with E-state index in [-0.39, 0.29) is 0 Å². The lowest BCUT2D eigenvalue weighted by molar-refractivity contribution is 0.279. The molecular formula is C16H26. The van der Waals surface area contributed by atoms with Crippen molar-refractivity contribution in [3.63, 3.8) is 0 Å². The van der Waals surface area contributed by atoms with E-state index in [1.807, 2.05) is 0 Å². The standard InChI is InChI=1S/C16H26/c1-3-7-11-15(12-8-4-1)16-13-9-5-2-6-10-14-16/h3,5,7,9,15-16H,1-2,4,6,8,10-14H2/b7-3-,9-5-. The first-order valence-corrected chi connectivity index (χ1v) is 7.27. The van der Waals surface area contributed by atoms with Gasteiger partial charge in [-0.1, -0.05) is 37.1 Å². The average Bonchev–Trinajstić information content (AvgIpc) is 2.18. The van der Waals surface area contributed by atoms with E-state index in [1.165, 1.54) is 64.2 Å². The van der Waals surface area contributed by atoms with Crippen molar-refractivity contribution in [2.45, 2.75) is 64.2 Å². The van der Waals surface area contributed by atoms with Gasteiger partial charge < -0.3 is 0 Å². The molecule has 2 atom stereocenters. The van der Waals surface area contributed by atoms with Crippen LogP contribution in [0.2, 0.25) is 0 Å². The minimum absolute atomic E-state index is 0.972. The van der Waals surface area contributed by atoms with E-state index in [4.69, 9.17) is 0 Å². The Balaban J connectivity index is 1.91. The molecule has 90 valence electrons. The largest absolute Gasteiger partial charge is 0.0885 e. The lowest BCUT2D eigenvalue weighted by Crippen LogP contribution is -2.15. The molecule has 0 saturated heterocycles. The van der Waals surface area contributed by atoms with Crippen molar-refractivity contribution in [3.05, 3.63) is 24.3 Å². The summed E-state index contributed by atoms with van der Waals surface area (Å²) in [5, 5.41) is 0. The number of allylic oxidation sites excluding steroid dienone is 4. The third-order valence-corrected chi connectivity index (χ3v) is 4.27. The highest BCUT2D eigenvalue weighted by Crippen LogP contribution is 2.32. The highest BCUT2D eigenvalue weighted by molar-refractivity contribution is 4.92. The first kappa shape index (κ1) is 12.0. The van der Waals surface area contributed by atoms with Crippen LogP contribution in [0.4, 0.5) is 0 Å². The molecule has 0 aromatic heterocycles. The fraction of sp³-hybridized carbons (Fsp3) is 0.750. The van der Waals surface area contributed by atoms with Crippen LogP contribution in [0.5, 0.6) is 0 Å². The normalized spacial score (nSPS) is 36.5. The van der Waals surface area contributed by atoms with Crippen molar-refractivity contribution >= 4 is 0 Å². The maximum atomic E-state index is 2.45. The van der Waals surface area contributed by atoms with Crippen LogP contribution in [0, 0.1) is 11.8 Å². The lowest BCUT2D eigenvalue weighted by Gasteiger charge is -2.27. The van der Waals surface area contributed by atoms with Gasteiger partial charge in [-0.25, -0.2) is 0 Å². The van der Waals surface area contributed by atoms with Crippen molar-refractivity contribution in [2.24, 2.45) is 11.8 Å². The van der Waals surface area contributed by atoms with Crippen LogP contribution < -0.4 is 0 Å². The molecule has 0 heterocycles. The van der Waals surface area contributed by atoms with Crippen LogP contribution >= 0.6 is 0 Å². The molecule has 0 aromatic carbocycles. The van der Waals surface area contributed by atoms with Gasteiger partial charge in [0.15, 0.2) is 0 Å². The molecule has 2 aliphatic rings. The Hall–Kier alpha value is -0.520. The summed E-state index contributed by atoms with van der Waals surface area (Å²) >= 11 is 0. The van der Waals surface area contributed by atoms with Crippen LogP contribution in [0.25, 0.3) is 0 Å². The van der Waals surface area contributed by atoms with E-state index < -0.39 is 0 Å². The van der Waals surface area contributed by atoms with Crippen LogP contribution in [0.1, 0.15) is 64.2 Å². The molecule has 0 spiro atoms. The van der Waals surface area contributed by atoms with Crippen LogP contribution in [0.3, 0.4) is 0 Å². The maximum Gasteiger partial charge on any atom is -0.0319 e. The minimum atomic E-state index is 0.972. The molecule has 0 fully saturated rings. The predicted octanol–water partition coefficient (Wildman–Crippen LogP) is 5.26. The van der Waals surface area contributed by atoms with Crippen molar-refractivity contribution < 1.29 is 0 Å². The Morgan fingerprint density at radius 1 is 0.562 bits per heavy atom. The molecule has 2 unspecified atom stereocenters. The third kappa shape index (κ3) is 3.81. The first-order chi connectivity index (χ1) is 7.97. The van der Waals surface area contributed by atoms with Gasteiger partial charge in [-0.15, -0.1) is 0 Å². The van der Waals surface area contributed by atoms with E-state index in [2.05, 4.69) is 24.3 Å². The lowest BCUT2D eigenvalue weighted by atomic mass is 9.78. The fourth-order valence-corrected chi connectivity index (χ4v) is 3.21. The van der Waals surface area contributed by atoms with Gasteiger partial charge in [-0.2, -0.15) is 0 Å². The second-order valence-electron chi connectivity index (χ2n) is 5.50. The molecule has 2 aliphatic carbocycles. The van der Waals surface area contributed by atoms with E-state index in [1.54, 1.807) is 0 Å². The molecule has 0 amide bonds. The highest BCUT2D eigenvalue weighted by atomic mass is 14.2. The Bertz CT molecular complexity index is 210. The van der Waals surface area contributed by atoms with Crippen molar-refractivity contribution in [3.8, 4) is 0 Å². The monoisotopic (exact) mass is 218 g/mol. The Labute approximate surface area is 101 Å². The molecule has 16 heavy (non-hydrogen) atoms. The Morgan fingerprint density at radius 3 is 1.56 bits per heavy atom. The molecule has 0 heteroatoms. The molecule has 0 bridgehead atoms. The molecule has 0 saturated carbocycles. The van der Waals surface area contributed by atoms with E-state index in [0.717, 1.165) is 11.8 Å². The van der Waals surface area contributed by atoms with E-state index in [9.17, 15) is 0 Å². The van der Waals surface area contributed by atoms with Crippen molar-refractivity contribution in [1.29, 1.82) is 0 Å². The van der Waals surface area contributed by atoms with Gasteiger partial charge >= 0.3 is 0 Å². The third-order valence-electron chi connectivity index (χ3n) is 4.27. The van der Waals surface area contributed by atoms with Crippen molar-refractivity contribution in [1.82, 2.24) is 0 Å². The zero-order chi connectivity index (χ0) is 11.1. The quantitative estimate of drug-likeness (QED) is 0.527. The summed E-state index contributed by atoms with van der Waals surface area (Å²) in [6.07, 6.45) is 23.7. The van der Waals surface area contributed by atoms with Gasteiger partial charge in [0.25, 0.3) is 0 Å². The highest BCUT2D eigenvalue weighted by Gasteiger charge is 2.20. The SMILES string of the molecule is C1=C\CC(C2C/C=C\CCCC2)CCCC/1. The summed E-state index contributed by atoms with van der Waals surface area (Å²) in [6.45, 7) is 0. The molecule has 0 aliphatic heterocycles.